The van der Waals surface area contributed by atoms with E-state index in [1.807, 2.05) is 0 Å². The molecule has 2 N–H and O–H groups in total. The van der Waals surface area contributed by atoms with Crippen LogP contribution >= 0.6 is 0 Å². The fourth-order valence-electron chi connectivity index (χ4n) is 1.52. The third kappa shape index (κ3) is 1.84. The summed E-state index contributed by atoms with van der Waals surface area (Å²) in [4.78, 5) is 0. The van der Waals surface area contributed by atoms with Gasteiger partial charge in [-0.3, -0.25) is 0 Å². The van der Waals surface area contributed by atoms with E-state index < -0.39 is 11.7 Å². The number of aliphatic hydroxyl groups excluding tert-OH is 2. The molecule has 0 saturated carbocycles. The van der Waals surface area contributed by atoms with Gasteiger partial charge in [-0.2, -0.15) is 0 Å². The van der Waals surface area contributed by atoms with Gasteiger partial charge in [0.25, 0.3) is 0 Å². The maximum atomic E-state index is 9.95. The second kappa shape index (κ2) is 3.81. The number of aliphatic hydroxyl groups is 2. The Morgan fingerprint density at radius 3 is 2.47 bits per heavy atom. The number of hydrogen-bond donors (Lipinski definition) is 2. The lowest BCUT2D eigenvalue weighted by molar-refractivity contribution is 0.0358. The molecule has 1 aliphatic rings. The maximum Gasteiger partial charge on any atom is 0.144 e. The normalized spacial score (nSPS) is 26.1. The number of hydrogen-bond acceptors (Lipinski definition) is 4. The summed E-state index contributed by atoms with van der Waals surface area (Å²) in [5.74, 6) is 0.737. The molecule has 2 unspecified atom stereocenters. The minimum Gasteiger partial charge on any atom is -0.497 e. The number of ether oxygens (including phenoxy) is 2. The SMILES string of the molecule is COc1ccc(C(O)C2(CO)CO2)cc1. The highest BCUT2D eigenvalue weighted by atomic mass is 16.6. The van der Waals surface area contributed by atoms with Gasteiger partial charge in [0.05, 0.1) is 20.3 Å². The van der Waals surface area contributed by atoms with Crippen molar-refractivity contribution in [2.24, 2.45) is 0 Å². The third-order valence-electron chi connectivity index (χ3n) is 2.71. The van der Waals surface area contributed by atoms with Gasteiger partial charge in [-0.1, -0.05) is 12.1 Å². The van der Waals surface area contributed by atoms with Crippen molar-refractivity contribution in [3.63, 3.8) is 0 Å². The molecule has 4 nitrogen and oxygen atoms in total. The molecule has 15 heavy (non-hydrogen) atoms. The van der Waals surface area contributed by atoms with Gasteiger partial charge in [0.2, 0.25) is 0 Å². The van der Waals surface area contributed by atoms with Crippen molar-refractivity contribution in [3.8, 4) is 5.75 Å². The van der Waals surface area contributed by atoms with Crippen molar-refractivity contribution in [1.29, 1.82) is 0 Å². The zero-order valence-corrected chi connectivity index (χ0v) is 8.51. The van der Waals surface area contributed by atoms with E-state index in [-0.39, 0.29) is 6.61 Å². The van der Waals surface area contributed by atoms with Gasteiger partial charge in [-0.15, -0.1) is 0 Å². The lowest BCUT2D eigenvalue weighted by atomic mass is 9.97. The van der Waals surface area contributed by atoms with E-state index in [0.717, 1.165) is 11.3 Å². The van der Waals surface area contributed by atoms with E-state index in [1.165, 1.54) is 0 Å². The van der Waals surface area contributed by atoms with Gasteiger partial charge in [0, 0.05) is 0 Å². The topological polar surface area (TPSA) is 62.2 Å². The molecule has 2 rings (SSSR count). The van der Waals surface area contributed by atoms with Crippen LogP contribution in [0.2, 0.25) is 0 Å². The van der Waals surface area contributed by atoms with Gasteiger partial charge in [-0.05, 0) is 17.7 Å². The Morgan fingerprint density at radius 2 is 2.07 bits per heavy atom. The zero-order valence-electron chi connectivity index (χ0n) is 8.51. The summed E-state index contributed by atoms with van der Waals surface area (Å²) in [6.07, 6.45) is -0.784. The van der Waals surface area contributed by atoms with Crippen LogP contribution in [0, 0.1) is 0 Å². The van der Waals surface area contributed by atoms with E-state index in [1.54, 1.807) is 31.4 Å². The second-order valence-electron chi connectivity index (χ2n) is 3.69. The zero-order chi connectivity index (χ0) is 10.9. The summed E-state index contributed by atoms with van der Waals surface area (Å²) >= 11 is 0. The van der Waals surface area contributed by atoms with Crippen LogP contribution in [0.15, 0.2) is 24.3 Å². The van der Waals surface area contributed by atoms with Gasteiger partial charge in [-0.25, -0.2) is 0 Å². The van der Waals surface area contributed by atoms with Crippen molar-refractivity contribution in [1.82, 2.24) is 0 Å². The number of epoxide rings is 1. The van der Waals surface area contributed by atoms with Crippen molar-refractivity contribution >= 4 is 0 Å². The summed E-state index contributed by atoms with van der Waals surface area (Å²) in [5, 5.41) is 19.0. The molecule has 1 fully saturated rings. The number of rotatable bonds is 4. The minimum atomic E-state index is -0.784. The first-order valence-electron chi connectivity index (χ1n) is 4.79. The van der Waals surface area contributed by atoms with Crippen LogP contribution in [0.5, 0.6) is 5.75 Å². The van der Waals surface area contributed by atoms with E-state index in [0.29, 0.717) is 6.61 Å². The minimum absolute atomic E-state index is 0.166. The predicted molar refractivity (Wildman–Crippen MR) is 53.7 cm³/mol. The summed E-state index contributed by atoms with van der Waals surface area (Å²) in [5.41, 5.74) is -0.0587. The molecular formula is C11H14O4. The summed E-state index contributed by atoms with van der Waals surface area (Å²) in [6, 6.07) is 7.07. The standard InChI is InChI=1S/C11H14O4/c1-14-9-4-2-8(3-5-9)10(13)11(6-12)7-15-11/h2-5,10,12-13H,6-7H2,1H3. The van der Waals surface area contributed by atoms with Crippen LogP contribution in [-0.2, 0) is 4.74 Å². The molecule has 1 heterocycles. The molecule has 1 aliphatic heterocycles. The molecule has 1 saturated heterocycles. The molecule has 0 bridgehead atoms. The first-order valence-corrected chi connectivity index (χ1v) is 4.79. The first kappa shape index (κ1) is 10.4. The highest BCUT2D eigenvalue weighted by molar-refractivity contribution is 5.30. The van der Waals surface area contributed by atoms with Gasteiger partial charge >= 0.3 is 0 Å². The van der Waals surface area contributed by atoms with Crippen LogP contribution in [0.3, 0.4) is 0 Å². The summed E-state index contributed by atoms with van der Waals surface area (Å²) in [6.45, 7) is 0.233. The number of benzene rings is 1. The maximum absolute atomic E-state index is 9.95. The molecule has 2 atom stereocenters. The smallest absolute Gasteiger partial charge is 0.144 e. The monoisotopic (exact) mass is 210 g/mol. The molecule has 1 aromatic rings. The Labute approximate surface area is 88.1 Å². The predicted octanol–water partition coefficient (Wildman–Crippen LogP) is 0.490. The third-order valence-corrected chi connectivity index (χ3v) is 2.71. The van der Waals surface area contributed by atoms with E-state index in [2.05, 4.69) is 0 Å². The lowest BCUT2D eigenvalue weighted by Gasteiger charge is -2.17. The van der Waals surface area contributed by atoms with E-state index >= 15 is 0 Å². The van der Waals surface area contributed by atoms with E-state index in [9.17, 15) is 5.11 Å². The van der Waals surface area contributed by atoms with E-state index in [4.69, 9.17) is 14.6 Å². The Balaban J connectivity index is 2.15. The Bertz CT molecular complexity index is 329. The van der Waals surface area contributed by atoms with Crippen LogP contribution in [-0.4, -0.2) is 36.1 Å². The lowest BCUT2D eigenvalue weighted by Crippen LogP contribution is -2.26. The Hall–Kier alpha value is -1.10. The van der Waals surface area contributed by atoms with Gasteiger partial charge < -0.3 is 19.7 Å². The summed E-state index contributed by atoms with van der Waals surface area (Å²) in [7, 11) is 1.59. The molecule has 0 aliphatic carbocycles. The molecule has 82 valence electrons. The van der Waals surface area contributed by atoms with Crippen molar-refractivity contribution < 1.29 is 19.7 Å². The Kier molecular flexibility index (Phi) is 2.65. The molecule has 0 amide bonds. The largest absolute Gasteiger partial charge is 0.497 e. The number of methoxy groups -OCH3 is 1. The molecular weight excluding hydrogens is 196 g/mol. The van der Waals surface area contributed by atoms with Crippen molar-refractivity contribution in [2.45, 2.75) is 11.7 Å². The average molecular weight is 210 g/mol. The van der Waals surface area contributed by atoms with Crippen LogP contribution in [0.25, 0.3) is 0 Å². The van der Waals surface area contributed by atoms with Crippen LogP contribution in [0.1, 0.15) is 11.7 Å². The second-order valence-corrected chi connectivity index (χ2v) is 3.69. The van der Waals surface area contributed by atoms with Crippen molar-refractivity contribution in [2.75, 3.05) is 20.3 Å². The fraction of sp³-hybridized carbons (Fsp3) is 0.455. The highest BCUT2D eigenvalue weighted by Gasteiger charge is 2.51. The first-order chi connectivity index (χ1) is 7.22. The molecule has 0 aromatic heterocycles. The molecule has 4 heteroatoms. The fourth-order valence-corrected chi connectivity index (χ4v) is 1.52. The average Bonchev–Trinajstić information content (AvgIpc) is 3.09. The van der Waals surface area contributed by atoms with Crippen LogP contribution < -0.4 is 4.74 Å². The van der Waals surface area contributed by atoms with Gasteiger partial charge in [0.1, 0.15) is 17.5 Å². The summed E-state index contributed by atoms with van der Waals surface area (Å²) < 4.78 is 10.1. The Morgan fingerprint density at radius 1 is 1.47 bits per heavy atom. The van der Waals surface area contributed by atoms with Crippen LogP contribution in [0.4, 0.5) is 0 Å². The molecule has 0 spiro atoms. The van der Waals surface area contributed by atoms with Gasteiger partial charge in [0.15, 0.2) is 0 Å². The molecule has 1 aromatic carbocycles. The van der Waals surface area contributed by atoms with Crippen molar-refractivity contribution in [3.05, 3.63) is 29.8 Å². The highest BCUT2D eigenvalue weighted by Crippen LogP contribution is 2.39. The molecule has 0 radical (unpaired) electrons. The quantitative estimate of drug-likeness (QED) is 0.710.